The van der Waals surface area contributed by atoms with Gasteiger partial charge in [0.25, 0.3) is 0 Å². The van der Waals surface area contributed by atoms with Crippen molar-refractivity contribution in [2.24, 2.45) is 0 Å². The molecule has 6 heteroatoms. The monoisotopic (exact) mass is 382 g/mol. The van der Waals surface area contributed by atoms with E-state index in [4.69, 9.17) is 18.9 Å². The van der Waals surface area contributed by atoms with Crippen LogP contribution in [0.5, 0.6) is 11.5 Å². The summed E-state index contributed by atoms with van der Waals surface area (Å²) in [5.74, 6) is 0.751. The third-order valence-corrected chi connectivity index (χ3v) is 4.10. The van der Waals surface area contributed by atoms with Crippen LogP contribution in [0.1, 0.15) is 13.8 Å². The number of carbonyl (C=O) groups is 2. The topological polar surface area (TPSA) is 71.1 Å². The van der Waals surface area contributed by atoms with Crippen LogP contribution in [0.3, 0.4) is 0 Å². The fraction of sp³-hybridized carbons (Fsp3) is 0.273. The molecule has 0 bridgehead atoms. The smallest absolute Gasteiger partial charge is 0.302 e. The van der Waals surface area contributed by atoms with E-state index in [2.05, 4.69) is 0 Å². The normalized spacial score (nSPS) is 10.6. The van der Waals surface area contributed by atoms with Gasteiger partial charge in [0.05, 0.1) is 0 Å². The van der Waals surface area contributed by atoms with Crippen LogP contribution in [0.25, 0.3) is 21.5 Å². The number of benzene rings is 3. The lowest BCUT2D eigenvalue weighted by molar-refractivity contribution is -0.142. The Bertz CT molecular complexity index is 858. The second-order valence-corrected chi connectivity index (χ2v) is 6.13. The minimum Gasteiger partial charge on any atom is -0.489 e. The molecular formula is C22H22O6. The minimum absolute atomic E-state index is 0.179. The van der Waals surface area contributed by atoms with Gasteiger partial charge in [0.2, 0.25) is 0 Å². The van der Waals surface area contributed by atoms with E-state index >= 15 is 0 Å². The Morgan fingerprint density at radius 1 is 0.607 bits per heavy atom. The molecule has 0 radical (unpaired) electrons. The second kappa shape index (κ2) is 9.08. The molecule has 0 fully saturated rings. The molecule has 6 nitrogen and oxygen atoms in total. The number of hydrogen-bond donors (Lipinski definition) is 0. The summed E-state index contributed by atoms with van der Waals surface area (Å²) >= 11 is 0. The molecule has 0 N–H and O–H groups in total. The fourth-order valence-electron chi connectivity index (χ4n) is 3.02. The van der Waals surface area contributed by atoms with E-state index in [1.807, 2.05) is 48.5 Å². The Labute approximate surface area is 162 Å². The van der Waals surface area contributed by atoms with Crippen molar-refractivity contribution in [3.8, 4) is 11.5 Å². The SMILES string of the molecule is CC(=O)OCCOc1c2ccccc2c(OCCOC(C)=O)c2ccccc12. The molecule has 146 valence electrons. The van der Waals surface area contributed by atoms with Gasteiger partial charge >= 0.3 is 11.9 Å². The largest absolute Gasteiger partial charge is 0.489 e. The number of carbonyl (C=O) groups excluding carboxylic acids is 2. The Morgan fingerprint density at radius 2 is 0.929 bits per heavy atom. The summed E-state index contributed by atoms with van der Waals surface area (Å²) in [6, 6.07) is 15.6. The molecule has 0 aliphatic carbocycles. The number of esters is 2. The molecule has 0 aliphatic rings. The van der Waals surface area contributed by atoms with E-state index in [1.165, 1.54) is 13.8 Å². The summed E-state index contributed by atoms with van der Waals surface area (Å²) in [6.07, 6.45) is 0. The summed E-state index contributed by atoms with van der Waals surface area (Å²) in [4.78, 5) is 21.9. The maximum atomic E-state index is 11.0. The summed E-state index contributed by atoms with van der Waals surface area (Å²) in [5, 5.41) is 3.58. The van der Waals surface area contributed by atoms with Gasteiger partial charge in [-0.1, -0.05) is 48.5 Å². The zero-order chi connectivity index (χ0) is 19.9. The summed E-state index contributed by atoms with van der Waals surface area (Å²) in [5.41, 5.74) is 0. The Kier molecular flexibility index (Phi) is 6.32. The van der Waals surface area contributed by atoms with Crippen molar-refractivity contribution in [1.82, 2.24) is 0 Å². The predicted molar refractivity (Wildman–Crippen MR) is 106 cm³/mol. The average molecular weight is 382 g/mol. The van der Waals surface area contributed by atoms with E-state index in [0.29, 0.717) is 11.5 Å². The maximum Gasteiger partial charge on any atom is 0.302 e. The lowest BCUT2D eigenvalue weighted by atomic mass is 10.0. The molecule has 0 unspecified atom stereocenters. The maximum absolute atomic E-state index is 11.0. The van der Waals surface area contributed by atoms with Crippen molar-refractivity contribution >= 4 is 33.5 Å². The predicted octanol–water partition coefficient (Wildman–Crippen LogP) is 3.88. The summed E-state index contributed by atoms with van der Waals surface area (Å²) in [6.45, 7) is 3.59. The van der Waals surface area contributed by atoms with Crippen LogP contribution in [0.4, 0.5) is 0 Å². The quantitative estimate of drug-likeness (QED) is 0.335. The third kappa shape index (κ3) is 4.52. The molecule has 0 saturated carbocycles. The molecule has 3 aromatic rings. The third-order valence-electron chi connectivity index (χ3n) is 4.10. The first-order chi connectivity index (χ1) is 13.6. The van der Waals surface area contributed by atoms with Gasteiger partial charge in [-0.15, -0.1) is 0 Å². The van der Waals surface area contributed by atoms with Crippen LogP contribution in [0, 0.1) is 0 Å². The molecule has 0 amide bonds. The van der Waals surface area contributed by atoms with Crippen molar-refractivity contribution in [3.05, 3.63) is 48.5 Å². The van der Waals surface area contributed by atoms with E-state index in [9.17, 15) is 9.59 Å². The number of ether oxygens (including phenoxy) is 4. The molecular weight excluding hydrogens is 360 g/mol. The summed E-state index contributed by atoms with van der Waals surface area (Å²) in [7, 11) is 0. The Hall–Kier alpha value is -3.28. The summed E-state index contributed by atoms with van der Waals surface area (Å²) < 4.78 is 21.9. The highest BCUT2D eigenvalue weighted by Crippen LogP contribution is 2.42. The van der Waals surface area contributed by atoms with Gasteiger partial charge in [0.15, 0.2) is 0 Å². The van der Waals surface area contributed by atoms with E-state index in [1.54, 1.807) is 0 Å². The van der Waals surface area contributed by atoms with Crippen LogP contribution in [0.2, 0.25) is 0 Å². The highest BCUT2D eigenvalue weighted by Gasteiger charge is 2.16. The molecule has 0 saturated heterocycles. The molecule has 3 aromatic carbocycles. The van der Waals surface area contributed by atoms with Gasteiger partial charge in [-0.2, -0.15) is 0 Å². The lowest BCUT2D eigenvalue weighted by Gasteiger charge is -2.17. The van der Waals surface area contributed by atoms with Crippen LogP contribution < -0.4 is 9.47 Å². The first kappa shape index (κ1) is 19.5. The first-order valence-corrected chi connectivity index (χ1v) is 9.03. The molecule has 0 heterocycles. The van der Waals surface area contributed by atoms with Crippen molar-refractivity contribution in [3.63, 3.8) is 0 Å². The van der Waals surface area contributed by atoms with Crippen molar-refractivity contribution in [1.29, 1.82) is 0 Å². The second-order valence-electron chi connectivity index (χ2n) is 6.13. The Balaban J connectivity index is 1.98. The van der Waals surface area contributed by atoms with E-state index in [0.717, 1.165) is 21.5 Å². The van der Waals surface area contributed by atoms with Crippen LogP contribution in [-0.2, 0) is 19.1 Å². The van der Waals surface area contributed by atoms with Gasteiger partial charge < -0.3 is 18.9 Å². The van der Waals surface area contributed by atoms with Gasteiger partial charge in [0.1, 0.15) is 37.9 Å². The average Bonchev–Trinajstić information content (AvgIpc) is 2.68. The van der Waals surface area contributed by atoms with Crippen LogP contribution in [-0.4, -0.2) is 38.4 Å². The zero-order valence-electron chi connectivity index (χ0n) is 15.9. The van der Waals surface area contributed by atoms with Gasteiger partial charge in [-0.05, 0) is 0 Å². The van der Waals surface area contributed by atoms with Gasteiger partial charge in [-0.25, -0.2) is 0 Å². The van der Waals surface area contributed by atoms with E-state index < -0.39 is 0 Å². The molecule has 0 aromatic heterocycles. The highest BCUT2D eigenvalue weighted by molar-refractivity contribution is 6.11. The van der Waals surface area contributed by atoms with Gasteiger partial charge in [0, 0.05) is 35.4 Å². The van der Waals surface area contributed by atoms with Crippen molar-refractivity contribution in [2.45, 2.75) is 13.8 Å². The highest BCUT2D eigenvalue weighted by atomic mass is 16.6. The number of fused-ring (bicyclic) bond motifs is 2. The standard InChI is InChI=1S/C22H22O6/c1-15(23)25-11-13-27-21-17-7-3-5-9-19(17)22(28-14-12-26-16(2)24)20-10-6-4-8-18(20)21/h3-10H,11-14H2,1-2H3. The van der Waals surface area contributed by atoms with Gasteiger partial charge in [-0.3, -0.25) is 9.59 Å². The van der Waals surface area contributed by atoms with Crippen LogP contribution in [0.15, 0.2) is 48.5 Å². The zero-order valence-corrected chi connectivity index (χ0v) is 15.9. The minimum atomic E-state index is -0.338. The van der Waals surface area contributed by atoms with E-state index in [-0.39, 0.29) is 38.4 Å². The first-order valence-electron chi connectivity index (χ1n) is 9.03. The van der Waals surface area contributed by atoms with Crippen molar-refractivity contribution < 1.29 is 28.5 Å². The molecule has 0 spiro atoms. The lowest BCUT2D eigenvalue weighted by Crippen LogP contribution is -2.11. The number of rotatable bonds is 8. The molecule has 3 rings (SSSR count). The molecule has 0 aliphatic heterocycles. The number of hydrogen-bond acceptors (Lipinski definition) is 6. The fourth-order valence-corrected chi connectivity index (χ4v) is 3.02. The molecule has 28 heavy (non-hydrogen) atoms. The Morgan fingerprint density at radius 3 is 1.21 bits per heavy atom. The van der Waals surface area contributed by atoms with Crippen molar-refractivity contribution in [2.75, 3.05) is 26.4 Å². The van der Waals surface area contributed by atoms with Crippen LogP contribution >= 0.6 is 0 Å². The molecule has 0 atom stereocenters.